The van der Waals surface area contributed by atoms with Crippen LogP contribution in [0.5, 0.6) is 11.5 Å². The van der Waals surface area contributed by atoms with Crippen molar-refractivity contribution in [2.45, 2.75) is 19.6 Å². The van der Waals surface area contributed by atoms with Crippen LogP contribution in [-0.2, 0) is 15.9 Å². The lowest BCUT2D eigenvalue weighted by atomic mass is 10.2. The van der Waals surface area contributed by atoms with Crippen LogP contribution in [0.25, 0.3) is 0 Å². The monoisotopic (exact) mass is 306 g/mol. The summed E-state index contributed by atoms with van der Waals surface area (Å²) in [5, 5.41) is 0. The van der Waals surface area contributed by atoms with Crippen LogP contribution in [0, 0.1) is 6.92 Å². The van der Waals surface area contributed by atoms with Gasteiger partial charge in [0.2, 0.25) is 0 Å². The molecule has 0 aliphatic rings. The molecule has 0 unspecified atom stereocenters. The van der Waals surface area contributed by atoms with Crippen LogP contribution >= 0.6 is 0 Å². The zero-order chi connectivity index (χ0) is 15.3. The fourth-order valence-corrected chi connectivity index (χ4v) is 3.02. The molecule has 21 heavy (non-hydrogen) atoms. The predicted octanol–water partition coefficient (Wildman–Crippen LogP) is 3.30. The summed E-state index contributed by atoms with van der Waals surface area (Å²) in [6.07, 6.45) is 0. The van der Waals surface area contributed by atoms with Gasteiger partial charge in [-0.05, 0) is 31.5 Å². The molecule has 0 fully saturated rings. The molecule has 2 aromatic rings. The second kappa shape index (κ2) is 6.63. The van der Waals surface area contributed by atoms with Gasteiger partial charge in [0.1, 0.15) is 5.75 Å². The van der Waals surface area contributed by atoms with Crippen molar-refractivity contribution in [1.82, 2.24) is 0 Å². The largest absolute Gasteiger partial charge is 0.490 e. The SMILES string of the molecule is CCOc1ccccc1OS(=O)(=O)Cc1cccc(C)c1. The Kier molecular flexibility index (Phi) is 4.85. The minimum atomic E-state index is -3.73. The molecule has 4 nitrogen and oxygen atoms in total. The molecule has 0 aliphatic carbocycles. The Morgan fingerprint density at radius 1 is 1.00 bits per heavy atom. The smallest absolute Gasteiger partial charge is 0.313 e. The second-order valence-electron chi connectivity index (χ2n) is 4.65. The van der Waals surface area contributed by atoms with E-state index in [0.29, 0.717) is 17.9 Å². The first-order valence-corrected chi connectivity index (χ1v) is 8.27. The highest BCUT2D eigenvalue weighted by atomic mass is 32.2. The van der Waals surface area contributed by atoms with Gasteiger partial charge in [0.25, 0.3) is 0 Å². The molecule has 0 saturated carbocycles. The van der Waals surface area contributed by atoms with E-state index in [0.717, 1.165) is 5.56 Å². The van der Waals surface area contributed by atoms with E-state index in [9.17, 15) is 8.42 Å². The highest BCUT2D eigenvalue weighted by Crippen LogP contribution is 2.28. The summed E-state index contributed by atoms with van der Waals surface area (Å²) in [6.45, 7) is 4.19. The molecule has 0 radical (unpaired) electrons. The summed E-state index contributed by atoms with van der Waals surface area (Å²) in [7, 11) is -3.73. The van der Waals surface area contributed by atoms with Crippen LogP contribution in [0.4, 0.5) is 0 Å². The van der Waals surface area contributed by atoms with E-state index in [2.05, 4.69) is 0 Å². The molecule has 2 aromatic carbocycles. The predicted molar refractivity (Wildman–Crippen MR) is 82.0 cm³/mol. The van der Waals surface area contributed by atoms with Crippen molar-refractivity contribution in [3.63, 3.8) is 0 Å². The van der Waals surface area contributed by atoms with E-state index in [1.165, 1.54) is 0 Å². The van der Waals surface area contributed by atoms with Crippen LogP contribution in [0.1, 0.15) is 18.1 Å². The minimum Gasteiger partial charge on any atom is -0.490 e. The van der Waals surface area contributed by atoms with Gasteiger partial charge in [-0.1, -0.05) is 42.0 Å². The average Bonchev–Trinajstić information content (AvgIpc) is 2.40. The number of rotatable bonds is 6. The van der Waals surface area contributed by atoms with Gasteiger partial charge in [-0.3, -0.25) is 0 Å². The summed E-state index contributed by atoms with van der Waals surface area (Å²) in [6, 6.07) is 14.1. The number of hydrogen-bond donors (Lipinski definition) is 0. The Morgan fingerprint density at radius 2 is 1.71 bits per heavy atom. The molecule has 2 rings (SSSR count). The quantitative estimate of drug-likeness (QED) is 0.768. The summed E-state index contributed by atoms with van der Waals surface area (Å²) in [5.41, 5.74) is 1.71. The fourth-order valence-electron chi connectivity index (χ4n) is 1.97. The van der Waals surface area contributed by atoms with Crippen LogP contribution in [0.3, 0.4) is 0 Å². The standard InChI is InChI=1S/C16H18O4S/c1-3-19-15-9-4-5-10-16(15)20-21(17,18)12-14-8-6-7-13(2)11-14/h4-11H,3,12H2,1-2H3. The van der Waals surface area contributed by atoms with E-state index in [4.69, 9.17) is 8.92 Å². The summed E-state index contributed by atoms with van der Waals surface area (Å²) in [4.78, 5) is 0. The van der Waals surface area contributed by atoms with E-state index < -0.39 is 10.1 Å². The first-order valence-electron chi connectivity index (χ1n) is 6.69. The Balaban J connectivity index is 2.18. The lowest BCUT2D eigenvalue weighted by Crippen LogP contribution is -2.13. The van der Waals surface area contributed by atoms with Crippen LogP contribution in [-0.4, -0.2) is 15.0 Å². The van der Waals surface area contributed by atoms with E-state index in [-0.39, 0.29) is 11.5 Å². The van der Waals surface area contributed by atoms with Crippen molar-refractivity contribution in [2.24, 2.45) is 0 Å². The van der Waals surface area contributed by atoms with E-state index in [1.807, 2.05) is 32.0 Å². The highest BCUT2D eigenvalue weighted by molar-refractivity contribution is 7.86. The topological polar surface area (TPSA) is 52.6 Å². The molecule has 0 aliphatic heterocycles. The maximum absolute atomic E-state index is 12.2. The molecule has 0 heterocycles. The molecule has 0 bridgehead atoms. The third kappa shape index (κ3) is 4.49. The molecular weight excluding hydrogens is 288 g/mol. The highest BCUT2D eigenvalue weighted by Gasteiger charge is 2.17. The Bertz CT molecular complexity index is 708. The van der Waals surface area contributed by atoms with Crippen LogP contribution in [0.15, 0.2) is 48.5 Å². The first kappa shape index (κ1) is 15.4. The number of para-hydroxylation sites is 2. The van der Waals surface area contributed by atoms with E-state index in [1.54, 1.807) is 30.3 Å². The van der Waals surface area contributed by atoms with Crippen LogP contribution < -0.4 is 8.92 Å². The van der Waals surface area contributed by atoms with Gasteiger partial charge in [0, 0.05) is 0 Å². The Labute approximate surface area is 125 Å². The van der Waals surface area contributed by atoms with Gasteiger partial charge in [-0.15, -0.1) is 0 Å². The van der Waals surface area contributed by atoms with Crippen molar-refractivity contribution in [2.75, 3.05) is 6.61 Å². The molecule has 0 amide bonds. The van der Waals surface area contributed by atoms with Crippen molar-refractivity contribution in [3.8, 4) is 11.5 Å². The minimum absolute atomic E-state index is 0.171. The van der Waals surface area contributed by atoms with Gasteiger partial charge in [0.05, 0.1) is 6.61 Å². The number of ether oxygens (including phenoxy) is 1. The summed E-state index contributed by atoms with van der Waals surface area (Å²) in [5.74, 6) is 0.467. The van der Waals surface area contributed by atoms with E-state index >= 15 is 0 Å². The van der Waals surface area contributed by atoms with Crippen LogP contribution in [0.2, 0.25) is 0 Å². The lowest BCUT2D eigenvalue weighted by molar-refractivity contribution is 0.327. The molecule has 112 valence electrons. The summed E-state index contributed by atoms with van der Waals surface area (Å²) >= 11 is 0. The molecule has 0 atom stereocenters. The Hall–Kier alpha value is -2.01. The van der Waals surface area contributed by atoms with Crippen molar-refractivity contribution in [1.29, 1.82) is 0 Å². The number of benzene rings is 2. The maximum Gasteiger partial charge on any atom is 0.313 e. The zero-order valence-corrected chi connectivity index (χ0v) is 12.9. The second-order valence-corrected chi connectivity index (χ2v) is 6.22. The third-order valence-corrected chi connectivity index (χ3v) is 3.91. The maximum atomic E-state index is 12.2. The van der Waals surface area contributed by atoms with Crippen molar-refractivity contribution < 1.29 is 17.3 Å². The Morgan fingerprint density at radius 3 is 2.38 bits per heavy atom. The van der Waals surface area contributed by atoms with Gasteiger partial charge < -0.3 is 8.92 Å². The molecule has 0 aromatic heterocycles. The molecule has 0 saturated heterocycles. The lowest BCUT2D eigenvalue weighted by Gasteiger charge is -2.11. The van der Waals surface area contributed by atoms with Gasteiger partial charge in [0.15, 0.2) is 11.5 Å². The zero-order valence-electron chi connectivity index (χ0n) is 12.1. The summed E-state index contributed by atoms with van der Waals surface area (Å²) < 4.78 is 34.9. The normalized spacial score (nSPS) is 11.1. The van der Waals surface area contributed by atoms with Crippen molar-refractivity contribution in [3.05, 3.63) is 59.7 Å². The van der Waals surface area contributed by atoms with Crippen molar-refractivity contribution >= 4 is 10.1 Å². The number of hydrogen-bond acceptors (Lipinski definition) is 4. The van der Waals surface area contributed by atoms with Gasteiger partial charge in [-0.2, -0.15) is 8.42 Å². The molecule has 5 heteroatoms. The first-order chi connectivity index (χ1) is 10.00. The van der Waals surface area contributed by atoms with Gasteiger partial charge in [-0.25, -0.2) is 0 Å². The average molecular weight is 306 g/mol. The molecular formula is C16H18O4S. The molecule has 0 N–H and O–H groups in total. The number of aryl methyl sites for hydroxylation is 1. The fraction of sp³-hybridized carbons (Fsp3) is 0.250. The third-order valence-electron chi connectivity index (χ3n) is 2.79. The van der Waals surface area contributed by atoms with Gasteiger partial charge >= 0.3 is 10.1 Å². The molecule has 0 spiro atoms.